The molecule has 3 heteroatoms. The van der Waals surface area contributed by atoms with Gasteiger partial charge >= 0.3 is 0 Å². The van der Waals surface area contributed by atoms with E-state index in [9.17, 15) is 5.11 Å². The molecule has 1 fully saturated rings. The van der Waals surface area contributed by atoms with Gasteiger partial charge in [-0.05, 0) is 18.4 Å². The van der Waals surface area contributed by atoms with E-state index >= 15 is 0 Å². The van der Waals surface area contributed by atoms with E-state index in [1.807, 2.05) is 30.3 Å². The topological polar surface area (TPSA) is 41.8 Å². The van der Waals surface area contributed by atoms with Gasteiger partial charge in [-0.25, -0.2) is 0 Å². The zero-order chi connectivity index (χ0) is 12.8. The lowest BCUT2D eigenvalue weighted by Crippen LogP contribution is -2.36. The number of methoxy groups -OCH3 is 1. The van der Waals surface area contributed by atoms with Crippen LogP contribution in [0.25, 0.3) is 0 Å². The van der Waals surface area contributed by atoms with Gasteiger partial charge in [0.1, 0.15) is 5.60 Å². The molecule has 1 aliphatic rings. The fourth-order valence-electron chi connectivity index (χ4n) is 2.55. The van der Waals surface area contributed by atoms with Crippen molar-refractivity contribution in [2.24, 2.45) is 4.99 Å². The lowest BCUT2D eigenvalue weighted by Gasteiger charge is -2.25. The molecule has 0 atom stereocenters. The van der Waals surface area contributed by atoms with Crippen molar-refractivity contribution in [3.8, 4) is 0 Å². The molecule has 18 heavy (non-hydrogen) atoms. The third kappa shape index (κ3) is 2.98. The van der Waals surface area contributed by atoms with Crippen LogP contribution in [0.2, 0.25) is 0 Å². The maximum atomic E-state index is 10.7. The molecule has 3 nitrogen and oxygen atoms in total. The molecule has 0 unspecified atom stereocenters. The quantitative estimate of drug-likeness (QED) is 0.641. The maximum absolute atomic E-state index is 10.7. The van der Waals surface area contributed by atoms with E-state index in [0.717, 1.165) is 37.0 Å². The van der Waals surface area contributed by atoms with E-state index in [-0.39, 0.29) is 0 Å². The minimum Gasteiger partial charge on any atom is -0.384 e. The van der Waals surface area contributed by atoms with E-state index in [2.05, 4.69) is 4.99 Å². The van der Waals surface area contributed by atoms with Gasteiger partial charge < -0.3 is 9.84 Å². The van der Waals surface area contributed by atoms with Crippen molar-refractivity contribution in [1.82, 2.24) is 0 Å². The molecule has 0 radical (unpaired) electrons. The molecule has 2 rings (SSSR count). The van der Waals surface area contributed by atoms with Crippen molar-refractivity contribution >= 4 is 5.71 Å². The predicted molar refractivity (Wildman–Crippen MR) is 73.1 cm³/mol. The number of aliphatic hydroxyl groups is 1. The Hall–Kier alpha value is -1.19. The van der Waals surface area contributed by atoms with Crippen LogP contribution in [0.1, 0.15) is 31.2 Å². The molecule has 1 aliphatic carbocycles. The van der Waals surface area contributed by atoms with Gasteiger partial charge in [0.2, 0.25) is 0 Å². The van der Waals surface area contributed by atoms with Crippen molar-refractivity contribution < 1.29 is 9.84 Å². The molecule has 1 saturated carbocycles. The van der Waals surface area contributed by atoms with Gasteiger partial charge in [0.15, 0.2) is 0 Å². The first-order valence-corrected chi connectivity index (χ1v) is 6.58. The van der Waals surface area contributed by atoms with Gasteiger partial charge in [-0.3, -0.25) is 4.99 Å². The fraction of sp³-hybridized carbons (Fsp3) is 0.533. The Balaban J connectivity index is 2.26. The normalized spacial score (nSPS) is 19.1. The fourth-order valence-corrected chi connectivity index (χ4v) is 2.55. The Labute approximate surface area is 109 Å². The summed E-state index contributed by atoms with van der Waals surface area (Å²) in [6.45, 7) is 1.19. The summed E-state index contributed by atoms with van der Waals surface area (Å²) in [6, 6.07) is 9.98. The SMILES string of the molecule is COCC/N=C(\c1ccccc1)C1(O)CCCC1. The molecule has 0 saturated heterocycles. The van der Waals surface area contributed by atoms with Crippen LogP contribution in [-0.4, -0.2) is 36.7 Å². The summed E-state index contributed by atoms with van der Waals surface area (Å²) in [6.07, 6.45) is 3.78. The van der Waals surface area contributed by atoms with Gasteiger partial charge in [0, 0.05) is 7.11 Å². The molecular weight excluding hydrogens is 226 g/mol. The Morgan fingerprint density at radius 3 is 2.56 bits per heavy atom. The average Bonchev–Trinajstić information content (AvgIpc) is 2.83. The molecule has 0 aromatic heterocycles. The number of benzene rings is 1. The molecule has 0 aliphatic heterocycles. The first kappa shape index (κ1) is 13.2. The van der Waals surface area contributed by atoms with Gasteiger partial charge in [-0.2, -0.15) is 0 Å². The minimum atomic E-state index is -0.741. The zero-order valence-electron chi connectivity index (χ0n) is 10.9. The number of rotatable bonds is 5. The van der Waals surface area contributed by atoms with Gasteiger partial charge in [-0.1, -0.05) is 43.2 Å². The Kier molecular flexibility index (Phi) is 4.50. The third-order valence-electron chi connectivity index (χ3n) is 3.48. The summed E-state index contributed by atoms with van der Waals surface area (Å²) in [4.78, 5) is 4.58. The Morgan fingerprint density at radius 2 is 1.94 bits per heavy atom. The molecular formula is C15H21NO2. The first-order chi connectivity index (χ1) is 8.76. The van der Waals surface area contributed by atoms with Gasteiger partial charge in [0.25, 0.3) is 0 Å². The van der Waals surface area contributed by atoms with E-state index in [4.69, 9.17) is 4.74 Å². The largest absolute Gasteiger partial charge is 0.384 e. The van der Waals surface area contributed by atoms with Crippen LogP contribution in [-0.2, 0) is 4.74 Å². The molecule has 1 aromatic rings. The van der Waals surface area contributed by atoms with Crippen molar-refractivity contribution in [3.63, 3.8) is 0 Å². The summed E-state index contributed by atoms with van der Waals surface area (Å²) in [5, 5.41) is 10.7. The smallest absolute Gasteiger partial charge is 0.107 e. The summed E-state index contributed by atoms with van der Waals surface area (Å²) in [7, 11) is 1.67. The highest BCUT2D eigenvalue weighted by atomic mass is 16.5. The highest BCUT2D eigenvalue weighted by Crippen LogP contribution is 2.33. The molecule has 1 N–H and O–H groups in total. The van der Waals surface area contributed by atoms with E-state index < -0.39 is 5.60 Å². The van der Waals surface area contributed by atoms with Crippen LogP contribution in [0.4, 0.5) is 0 Å². The molecule has 0 bridgehead atoms. The van der Waals surface area contributed by atoms with Crippen LogP contribution in [0.3, 0.4) is 0 Å². The number of hydrogen-bond acceptors (Lipinski definition) is 3. The summed E-state index contributed by atoms with van der Waals surface area (Å²) in [5.41, 5.74) is 1.12. The maximum Gasteiger partial charge on any atom is 0.107 e. The number of hydrogen-bond donors (Lipinski definition) is 1. The second kappa shape index (κ2) is 6.12. The van der Waals surface area contributed by atoms with E-state index in [0.29, 0.717) is 13.2 Å². The van der Waals surface area contributed by atoms with Crippen LogP contribution in [0.5, 0.6) is 0 Å². The minimum absolute atomic E-state index is 0.590. The molecule has 98 valence electrons. The highest BCUT2D eigenvalue weighted by molar-refractivity contribution is 6.06. The van der Waals surface area contributed by atoms with Crippen molar-refractivity contribution in [1.29, 1.82) is 0 Å². The monoisotopic (exact) mass is 247 g/mol. The summed E-state index contributed by atoms with van der Waals surface area (Å²) >= 11 is 0. The van der Waals surface area contributed by atoms with Crippen molar-refractivity contribution in [2.75, 3.05) is 20.3 Å². The predicted octanol–water partition coefficient (Wildman–Crippen LogP) is 2.43. The second-order valence-corrected chi connectivity index (χ2v) is 4.83. The summed E-state index contributed by atoms with van der Waals surface area (Å²) in [5.74, 6) is 0. The Morgan fingerprint density at radius 1 is 1.28 bits per heavy atom. The third-order valence-corrected chi connectivity index (χ3v) is 3.48. The molecule has 0 amide bonds. The van der Waals surface area contributed by atoms with Crippen LogP contribution >= 0.6 is 0 Å². The lowest BCUT2D eigenvalue weighted by atomic mass is 9.90. The zero-order valence-corrected chi connectivity index (χ0v) is 10.9. The van der Waals surface area contributed by atoms with Gasteiger partial charge in [-0.15, -0.1) is 0 Å². The van der Waals surface area contributed by atoms with E-state index in [1.165, 1.54) is 0 Å². The standard InChI is InChI=1S/C15H21NO2/c1-18-12-11-16-14(13-7-3-2-4-8-13)15(17)9-5-6-10-15/h2-4,7-8,17H,5-6,9-12H2,1H3/b16-14+. The first-order valence-electron chi connectivity index (χ1n) is 6.58. The number of nitrogens with zero attached hydrogens (tertiary/aromatic N) is 1. The Bertz CT molecular complexity index is 394. The van der Waals surface area contributed by atoms with Crippen molar-refractivity contribution in [2.45, 2.75) is 31.3 Å². The highest BCUT2D eigenvalue weighted by Gasteiger charge is 2.36. The number of ether oxygens (including phenoxy) is 1. The van der Waals surface area contributed by atoms with Crippen LogP contribution in [0, 0.1) is 0 Å². The number of aliphatic imine (C=N–C) groups is 1. The molecule has 0 heterocycles. The molecule has 0 spiro atoms. The second-order valence-electron chi connectivity index (χ2n) is 4.83. The van der Waals surface area contributed by atoms with Crippen molar-refractivity contribution in [3.05, 3.63) is 35.9 Å². The van der Waals surface area contributed by atoms with Crippen LogP contribution in [0.15, 0.2) is 35.3 Å². The summed E-state index contributed by atoms with van der Waals surface area (Å²) < 4.78 is 5.03. The van der Waals surface area contributed by atoms with Crippen LogP contribution < -0.4 is 0 Å². The van der Waals surface area contributed by atoms with E-state index in [1.54, 1.807) is 7.11 Å². The lowest BCUT2D eigenvalue weighted by molar-refractivity contribution is 0.120. The molecule has 1 aromatic carbocycles. The van der Waals surface area contributed by atoms with Gasteiger partial charge in [0.05, 0.1) is 18.9 Å². The average molecular weight is 247 g/mol.